The van der Waals surface area contributed by atoms with E-state index in [-0.39, 0.29) is 5.75 Å². The Morgan fingerprint density at radius 3 is 2.56 bits per heavy atom. The van der Waals surface area contributed by atoms with E-state index in [1.54, 1.807) is 30.0 Å². The summed E-state index contributed by atoms with van der Waals surface area (Å²) in [5.74, 6) is 0.210. The van der Waals surface area contributed by atoms with Gasteiger partial charge in [0.05, 0.1) is 5.71 Å². The molecule has 0 atom stereocenters. The molecule has 0 aromatic heterocycles. The molecule has 4 nitrogen and oxygen atoms in total. The molecule has 1 aromatic rings. The third-order valence-corrected chi connectivity index (χ3v) is 2.48. The monoisotopic (exact) mass is 237 g/mol. The summed E-state index contributed by atoms with van der Waals surface area (Å²) in [5.41, 5.74) is 4.12. The summed E-state index contributed by atoms with van der Waals surface area (Å²) in [5, 5.41) is 14.2. The van der Waals surface area contributed by atoms with Crippen molar-refractivity contribution >= 4 is 23.0 Å². The third kappa shape index (κ3) is 3.20. The molecule has 0 fully saturated rings. The topological polar surface area (TPSA) is 47.9 Å². The van der Waals surface area contributed by atoms with Gasteiger partial charge in [0.25, 0.3) is 0 Å². The summed E-state index contributed by atoms with van der Waals surface area (Å²) in [6.45, 7) is 1.81. The predicted octanol–water partition coefficient (Wildman–Crippen LogP) is 1.55. The molecule has 0 heterocycles. The van der Waals surface area contributed by atoms with Crippen molar-refractivity contribution in [3.05, 3.63) is 29.8 Å². The van der Waals surface area contributed by atoms with Crippen molar-refractivity contribution in [1.29, 1.82) is 0 Å². The molecule has 0 amide bonds. The van der Waals surface area contributed by atoms with E-state index in [2.05, 4.69) is 10.5 Å². The van der Waals surface area contributed by atoms with Crippen LogP contribution in [0.4, 0.5) is 0 Å². The standard InChI is InChI=1S/C11H15N3OS/c1-8(12-13-11(16)14(2)3)9-6-4-5-7-10(9)15/h4-7,15H,1-3H3,(H,13,16). The fourth-order valence-corrected chi connectivity index (χ4v) is 1.12. The first-order valence-electron chi connectivity index (χ1n) is 4.82. The zero-order valence-electron chi connectivity index (χ0n) is 9.56. The lowest BCUT2D eigenvalue weighted by Crippen LogP contribution is -2.31. The number of thiocarbonyl (C=S) groups is 1. The predicted molar refractivity (Wildman–Crippen MR) is 69.7 cm³/mol. The van der Waals surface area contributed by atoms with Gasteiger partial charge >= 0.3 is 0 Å². The SMILES string of the molecule is CC(=NNC(=S)N(C)C)c1ccccc1O. The Kier molecular flexibility index (Phi) is 4.25. The van der Waals surface area contributed by atoms with Crippen molar-refractivity contribution in [3.8, 4) is 5.75 Å². The van der Waals surface area contributed by atoms with Gasteiger partial charge in [-0.3, -0.25) is 5.43 Å². The maximum absolute atomic E-state index is 9.60. The van der Waals surface area contributed by atoms with Crippen LogP contribution in [0.2, 0.25) is 0 Å². The highest BCUT2D eigenvalue weighted by Crippen LogP contribution is 2.15. The fourth-order valence-electron chi connectivity index (χ4n) is 1.07. The second-order valence-electron chi connectivity index (χ2n) is 3.53. The zero-order chi connectivity index (χ0) is 12.1. The van der Waals surface area contributed by atoms with E-state index in [9.17, 15) is 5.11 Å². The number of phenols is 1. The Labute approximate surface area is 101 Å². The Hall–Kier alpha value is -1.62. The van der Waals surface area contributed by atoms with Crippen molar-refractivity contribution in [2.24, 2.45) is 5.10 Å². The molecule has 0 aliphatic heterocycles. The third-order valence-electron chi connectivity index (χ3n) is 2.02. The fraction of sp³-hybridized carbons (Fsp3) is 0.273. The molecule has 0 aliphatic rings. The smallest absolute Gasteiger partial charge is 0.189 e. The molecule has 0 bridgehead atoms. The maximum Gasteiger partial charge on any atom is 0.189 e. The van der Waals surface area contributed by atoms with Crippen LogP contribution in [0, 0.1) is 0 Å². The van der Waals surface area contributed by atoms with Crippen molar-refractivity contribution < 1.29 is 5.11 Å². The molecule has 2 N–H and O–H groups in total. The summed E-state index contributed by atoms with van der Waals surface area (Å²) < 4.78 is 0. The number of nitrogens with one attached hydrogen (secondary N) is 1. The number of para-hydroxylation sites is 1. The summed E-state index contributed by atoms with van der Waals surface area (Å²) in [6.07, 6.45) is 0. The van der Waals surface area contributed by atoms with Crippen molar-refractivity contribution in [2.45, 2.75) is 6.92 Å². The van der Waals surface area contributed by atoms with Gasteiger partial charge in [-0.25, -0.2) is 0 Å². The summed E-state index contributed by atoms with van der Waals surface area (Å²) >= 11 is 5.02. The van der Waals surface area contributed by atoms with Crippen LogP contribution in [-0.2, 0) is 0 Å². The normalized spacial score (nSPS) is 11.1. The van der Waals surface area contributed by atoms with Crippen molar-refractivity contribution in [1.82, 2.24) is 10.3 Å². The highest BCUT2D eigenvalue weighted by Gasteiger charge is 2.03. The molecule has 0 radical (unpaired) electrons. The van der Waals surface area contributed by atoms with E-state index in [0.29, 0.717) is 16.4 Å². The number of phenolic OH excluding ortho intramolecular Hbond substituents is 1. The van der Waals surface area contributed by atoms with Crippen molar-refractivity contribution in [3.63, 3.8) is 0 Å². The van der Waals surface area contributed by atoms with Gasteiger partial charge in [0.2, 0.25) is 0 Å². The zero-order valence-corrected chi connectivity index (χ0v) is 10.4. The van der Waals surface area contributed by atoms with Crippen LogP contribution in [0.1, 0.15) is 12.5 Å². The number of benzene rings is 1. The first kappa shape index (κ1) is 12.4. The number of hydrazone groups is 1. The summed E-state index contributed by atoms with van der Waals surface area (Å²) in [6, 6.07) is 7.04. The number of aromatic hydroxyl groups is 1. The van der Waals surface area contributed by atoms with Gasteiger partial charge in [-0.1, -0.05) is 12.1 Å². The molecule has 0 unspecified atom stereocenters. The molecule has 86 valence electrons. The summed E-state index contributed by atoms with van der Waals surface area (Å²) in [7, 11) is 3.67. The molecular formula is C11H15N3OS. The molecule has 1 aromatic carbocycles. The van der Waals surface area contributed by atoms with Crippen LogP contribution >= 0.6 is 12.2 Å². The Morgan fingerprint density at radius 2 is 2.00 bits per heavy atom. The minimum atomic E-state index is 0.210. The minimum absolute atomic E-state index is 0.210. The molecular weight excluding hydrogens is 222 g/mol. The quantitative estimate of drug-likeness (QED) is 0.465. The van der Waals surface area contributed by atoms with E-state index in [1.807, 2.05) is 20.2 Å². The lowest BCUT2D eigenvalue weighted by Gasteiger charge is -2.12. The molecule has 0 saturated carbocycles. The lowest BCUT2D eigenvalue weighted by atomic mass is 10.1. The Balaban J connectivity index is 2.79. The first-order chi connectivity index (χ1) is 7.52. The van der Waals surface area contributed by atoms with Gasteiger partial charge in [-0.2, -0.15) is 5.10 Å². The van der Waals surface area contributed by atoms with Gasteiger partial charge in [-0.05, 0) is 31.3 Å². The number of hydrogen-bond acceptors (Lipinski definition) is 3. The lowest BCUT2D eigenvalue weighted by molar-refractivity contribution is 0.474. The van der Waals surface area contributed by atoms with Crippen LogP contribution in [0.15, 0.2) is 29.4 Å². The van der Waals surface area contributed by atoms with E-state index in [1.165, 1.54) is 0 Å². The van der Waals surface area contributed by atoms with Gasteiger partial charge in [0.1, 0.15) is 5.75 Å². The Morgan fingerprint density at radius 1 is 1.38 bits per heavy atom. The second kappa shape index (κ2) is 5.46. The minimum Gasteiger partial charge on any atom is -0.507 e. The maximum atomic E-state index is 9.60. The van der Waals surface area contributed by atoms with Gasteiger partial charge in [-0.15, -0.1) is 0 Å². The molecule has 16 heavy (non-hydrogen) atoms. The average molecular weight is 237 g/mol. The van der Waals surface area contributed by atoms with Crippen LogP contribution in [0.3, 0.4) is 0 Å². The molecule has 1 rings (SSSR count). The number of hydrogen-bond donors (Lipinski definition) is 2. The first-order valence-corrected chi connectivity index (χ1v) is 5.23. The van der Waals surface area contributed by atoms with E-state index >= 15 is 0 Å². The molecule has 0 aliphatic carbocycles. The van der Waals surface area contributed by atoms with Gasteiger partial charge < -0.3 is 10.0 Å². The van der Waals surface area contributed by atoms with E-state index in [4.69, 9.17) is 12.2 Å². The number of rotatable bonds is 2. The highest BCUT2D eigenvalue weighted by atomic mass is 32.1. The van der Waals surface area contributed by atoms with E-state index < -0.39 is 0 Å². The van der Waals surface area contributed by atoms with Crippen LogP contribution < -0.4 is 5.43 Å². The van der Waals surface area contributed by atoms with Crippen LogP contribution in [-0.4, -0.2) is 34.9 Å². The average Bonchev–Trinajstić information content (AvgIpc) is 2.25. The van der Waals surface area contributed by atoms with E-state index in [0.717, 1.165) is 0 Å². The number of nitrogens with zero attached hydrogens (tertiary/aromatic N) is 2. The molecule has 0 spiro atoms. The largest absolute Gasteiger partial charge is 0.507 e. The van der Waals surface area contributed by atoms with Crippen LogP contribution in [0.5, 0.6) is 5.75 Å². The van der Waals surface area contributed by atoms with Gasteiger partial charge in [0.15, 0.2) is 5.11 Å². The second-order valence-corrected chi connectivity index (χ2v) is 3.91. The van der Waals surface area contributed by atoms with Gasteiger partial charge in [0, 0.05) is 19.7 Å². The van der Waals surface area contributed by atoms with Crippen molar-refractivity contribution in [2.75, 3.05) is 14.1 Å². The molecule has 5 heteroatoms. The Bertz CT molecular complexity index is 415. The highest BCUT2D eigenvalue weighted by molar-refractivity contribution is 7.80. The summed E-state index contributed by atoms with van der Waals surface area (Å²) in [4.78, 5) is 1.75. The molecule has 0 saturated heterocycles. The van der Waals surface area contributed by atoms with Crippen LogP contribution in [0.25, 0.3) is 0 Å².